The van der Waals surface area contributed by atoms with E-state index in [-0.39, 0.29) is 0 Å². The number of hydrogen-bond acceptors (Lipinski definition) is 4. The van der Waals surface area contributed by atoms with Gasteiger partial charge in [0.2, 0.25) is 0 Å². The van der Waals surface area contributed by atoms with Crippen molar-refractivity contribution in [2.75, 3.05) is 0 Å². The fourth-order valence-electron chi connectivity index (χ4n) is 8.52. The maximum absolute atomic E-state index is 6.64. The predicted octanol–water partition coefficient (Wildman–Crippen LogP) is 14.4. The highest BCUT2D eigenvalue weighted by Gasteiger charge is 2.20. The zero-order valence-electron chi connectivity index (χ0n) is 28.9. The molecule has 0 amide bonds. The molecule has 9 aromatic carbocycles. The van der Waals surface area contributed by atoms with Crippen LogP contribution in [0.2, 0.25) is 0 Å². The molecule has 12 rings (SSSR count). The monoisotopic (exact) mass is 704 g/mol. The third-order valence-electron chi connectivity index (χ3n) is 11.1. The molecule has 54 heavy (non-hydrogen) atoms. The summed E-state index contributed by atoms with van der Waals surface area (Å²) < 4.78 is 8.95. The second-order valence-electron chi connectivity index (χ2n) is 14.1. The van der Waals surface area contributed by atoms with Gasteiger partial charge in [0.1, 0.15) is 11.2 Å². The Morgan fingerprint density at radius 3 is 1.83 bits per heavy atom. The lowest BCUT2D eigenvalue weighted by Gasteiger charge is -2.12. The molecule has 0 aliphatic rings. The van der Waals surface area contributed by atoms with Crippen LogP contribution in [0.5, 0.6) is 0 Å². The Balaban J connectivity index is 1.05. The summed E-state index contributed by atoms with van der Waals surface area (Å²) in [5.41, 5.74) is 7.91. The van der Waals surface area contributed by atoms with E-state index in [9.17, 15) is 0 Å². The van der Waals surface area contributed by atoms with Crippen LogP contribution in [0.15, 0.2) is 174 Å². The molecule has 0 bridgehead atoms. The predicted molar refractivity (Wildman–Crippen MR) is 229 cm³/mol. The first kappa shape index (κ1) is 29.7. The lowest BCUT2D eigenvalue weighted by molar-refractivity contribution is 0.669. The van der Waals surface area contributed by atoms with Gasteiger partial charge >= 0.3 is 0 Å². The van der Waals surface area contributed by atoms with Crippen molar-refractivity contribution in [3.8, 4) is 33.8 Å². The van der Waals surface area contributed by atoms with Crippen LogP contribution in [0, 0.1) is 0 Å². The Bertz CT molecular complexity index is 3480. The maximum Gasteiger partial charge on any atom is 0.161 e. The smallest absolute Gasteiger partial charge is 0.161 e. The SMILES string of the molecule is c1ccc2cc(-c3nc(-c4cccc5oc6cc(-c7ccc8c9ccccc9c9ccccc9c8c7)ccc6c45)nc4c3sc3ccccc34)ccc2c1. The Morgan fingerprint density at radius 2 is 1.04 bits per heavy atom. The van der Waals surface area contributed by atoms with Crippen molar-refractivity contribution in [2.24, 2.45) is 0 Å². The number of rotatable bonds is 3. The average Bonchev–Trinajstić information content (AvgIpc) is 3.81. The van der Waals surface area contributed by atoms with Crippen LogP contribution < -0.4 is 0 Å². The summed E-state index contributed by atoms with van der Waals surface area (Å²) in [6.45, 7) is 0. The molecule has 0 aliphatic carbocycles. The topological polar surface area (TPSA) is 38.9 Å². The van der Waals surface area contributed by atoms with E-state index in [1.54, 1.807) is 11.3 Å². The van der Waals surface area contributed by atoms with Crippen molar-refractivity contribution in [3.05, 3.63) is 170 Å². The minimum absolute atomic E-state index is 0.695. The van der Waals surface area contributed by atoms with E-state index in [4.69, 9.17) is 14.4 Å². The first-order valence-corrected chi connectivity index (χ1v) is 19.0. The summed E-state index contributed by atoms with van der Waals surface area (Å²) in [6.07, 6.45) is 0. The van der Waals surface area contributed by atoms with Crippen LogP contribution in [-0.2, 0) is 0 Å². The van der Waals surface area contributed by atoms with E-state index in [2.05, 4.69) is 170 Å². The van der Waals surface area contributed by atoms with Crippen molar-refractivity contribution in [2.45, 2.75) is 0 Å². The summed E-state index contributed by atoms with van der Waals surface area (Å²) in [4.78, 5) is 10.7. The van der Waals surface area contributed by atoms with E-state index in [1.165, 1.54) is 47.8 Å². The lowest BCUT2D eigenvalue weighted by atomic mass is 9.92. The second-order valence-corrected chi connectivity index (χ2v) is 15.1. The number of hydrogen-bond donors (Lipinski definition) is 0. The van der Waals surface area contributed by atoms with Gasteiger partial charge in [0.25, 0.3) is 0 Å². The van der Waals surface area contributed by atoms with E-state index >= 15 is 0 Å². The number of furan rings is 1. The summed E-state index contributed by atoms with van der Waals surface area (Å²) >= 11 is 1.76. The zero-order valence-corrected chi connectivity index (χ0v) is 29.7. The summed E-state index contributed by atoms with van der Waals surface area (Å²) in [7, 11) is 0. The molecule has 0 saturated carbocycles. The second kappa shape index (κ2) is 11.3. The highest BCUT2D eigenvalue weighted by molar-refractivity contribution is 7.26. The van der Waals surface area contributed by atoms with Crippen LogP contribution >= 0.6 is 11.3 Å². The summed E-state index contributed by atoms with van der Waals surface area (Å²) in [5, 5.41) is 13.2. The van der Waals surface area contributed by atoms with Gasteiger partial charge in [-0.25, -0.2) is 9.97 Å². The Hall–Kier alpha value is -6.88. The number of fused-ring (bicyclic) bond motifs is 13. The molecule has 4 heteroatoms. The van der Waals surface area contributed by atoms with E-state index in [0.717, 1.165) is 65.5 Å². The average molecular weight is 705 g/mol. The lowest BCUT2D eigenvalue weighted by Crippen LogP contribution is -1.94. The Kier molecular flexibility index (Phi) is 6.21. The van der Waals surface area contributed by atoms with E-state index in [1.807, 2.05) is 0 Å². The number of nitrogens with zero attached hydrogens (tertiary/aromatic N) is 2. The van der Waals surface area contributed by atoms with Gasteiger partial charge in [-0.1, -0.05) is 133 Å². The Labute approximate surface area is 313 Å². The van der Waals surface area contributed by atoms with Gasteiger partial charge in [0.05, 0.1) is 15.9 Å². The summed E-state index contributed by atoms with van der Waals surface area (Å²) in [6, 6.07) is 60.8. The molecule has 0 N–H and O–H groups in total. The molecule has 0 fully saturated rings. The maximum atomic E-state index is 6.64. The fraction of sp³-hybridized carbons (Fsp3) is 0. The van der Waals surface area contributed by atoms with Crippen LogP contribution in [0.1, 0.15) is 0 Å². The molecule has 0 atom stereocenters. The minimum atomic E-state index is 0.695. The number of benzene rings is 9. The molecular weight excluding hydrogens is 677 g/mol. The van der Waals surface area contributed by atoms with Gasteiger partial charge in [-0.15, -0.1) is 11.3 Å². The quantitative estimate of drug-likeness (QED) is 0.172. The van der Waals surface area contributed by atoms with Gasteiger partial charge in [-0.3, -0.25) is 0 Å². The minimum Gasteiger partial charge on any atom is -0.456 e. The molecule has 250 valence electrons. The van der Waals surface area contributed by atoms with Crippen LogP contribution in [0.25, 0.3) is 119 Å². The number of aromatic nitrogens is 2. The van der Waals surface area contributed by atoms with E-state index < -0.39 is 0 Å². The van der Waals surface area contributed by atoms with E-state index in [0.29, 0.717) is 5.82 Å². The molecule has 3 aromatic heterocycles. The highest BCUT2D eigenvalue weighted by Crippen LogP contribution is 2.43. The summed E-state index contributed by atoms with van der Waals surface area (Å²) in [5.74, 6) is 0.695. The molecule has 0 radical (unpaired) electrons. The van der Waals surface area contributed by atoms with Crippen LogP contribution in [0.3, 0.4) is 0 Å². The van der Waals surface area contributed by atoms with Crippen LogP contribution in [0.4, 0.5) is 0 Å². The van der Waals surface area contributed by atoms with Crippen molar-refractivity contribution in [1.82, 2.24) is 9.97 Å². The van der Waals surface area contributed by atoms with Gasteiger partial charge in [0, 0.05) is 32.0 Å². The molecular formula is C50H28N2OS. The third kappa shape index (κ3) is 4.35. The molecule has 3 nitrogen and oxygen atoms in total. The first-order chi connectivity index (χ1) is 26.7. The molecule has 12 aromatic rings. The van der Waals surface area contributed by atoms with Gasteiger partial charge in [0.15, 0.2) is 5.82 Å². The third-order valence-corrected chi connectivity index (χ3v) is 12.2. The van der Waals surface area contributed by atoms with Gasteiger partial charge < -0.3 is 4.42 Å². The standard InChI is InChI=1S/C50H28N2OS/c1-2-11-30-26-33(21-20-29(30)10-1)47-49-48(40-16-7-8-19-45(40)54-49)52-50(51-47)41-17-9-18-43-46(41)39-25-23-32(28-44(39)53-43)31-22-24-38-36-14-4-3-12-34(36)35-13-5-6-15-37(35)42(38)27-31/h1-28H. The largest absolute Gasteiger partial charge is 0.456 e. The van der Waals surface area contributed by atoms with Gasteiger partial charge in [-0.2, -0.15) is 0 Å². The van der Waals surface area contributed by atoms with Crippen molar-refractivity contribution in [3.63, 3.8) is 0 Å². The molecule has 0 spiro atoms. The Morgan fingerprint density at radius 1 is 0.407 bits per heavy atom. The van der Waals surface area contributed by atoms with Crippen LogP contribution in [-0.4, -0.2) is 9.97 Å². The highest BCUT2D eigenvalue weighted by atomic mass is 32.1. The normalized spacial score (nSPS) is 12.1. The van der Waals surface area contributed by atoms with Crippen molar-refractivity contribution >= 4 is 96.7 Å². The van der Waals surface area contributed by atoms with Crippen molar-refractivity contribution < 1.29 is 4.42 Å². The van der Waals surface area contributed by atoms with Gasteiger partial charge in [-0.05, 0) is 90.6 Å². The molecule has 0 saturated heterocycles. The molecule has 0 unspecified atom stereocenters. The molecule has 3 heterocycles. The fourth-order valence-corrected chi connectivity index (χ4v) is 9.68. The number of thiophene rings is 1. The zero-order chi connectivity index (χ0) is 35.3. The molecule has 0 aliphatic heterocycles. The van der Waals surface area contributed by atoms with Crippen molar-refractivity contribution in [1.29, 1.82) is 0 Å². The first-order valence-electron chi connectivity index (χ1n) is 18.2.